The van der Waals surface area contributed by atoms with Gasteiger partial charge in [0.2, 0.25) is 0 Å². The average Bonchev–Trinajstić information content (AvgIpc) is 2.23. The van der Waals surface area contributed by atoms with Crippen molar-refractivity contribution in [2.45, 2.75) is 41.0 Å². The number of halogens is 1. The molecule has 0 aliphatic rings. The van der Waals surface area contributed by atoms with E-state index in [2.05, 4.69) is 0 Å². The van der Waals surface area contributed by atoms with Gasteiger partial charge in [0.15, 0.2) is 11.6 Å². The summed E-state index contributed by atoms with van der Waals surface area (Å²) in [7, 11) is 0. The van der Waals surface area contributed by atoms with E-state index in [4.69, 9.17) is 0 Å². The molecule has 0 fully saturated rings. The van der Waals surface area contributed by atoms with Crippen molar-refractivity contribution in [2.24, 2.45) is 10.8 Å². The lowest BCUT2D eigenvalue weighted by Crippen LogP contribution is -2.22. The van der Waals surface area contributed by atoms with Gasteiger partial charge in [-0.2, -0.15) is 0 Å². The lowest BCUT2D eigenvalue weighted by atomic mass is 9.83. The monoisotopic (exact) mass is 254 g/mol. The molecule has 18 heavy (non-hydrogen) atoms. The van der Waals surface area contributed by atoms with Crippen LogP contribution in [0.1, 0.15) is 41.0 Å². The third kappa shape index (κ3) is 5.89. The van der Waals surface area contributed by atoms with Gasteiger partial charge in [0.25, 0.3) is 0 Å². The molecule has 102 valence electrons. The summed E-state index contributed by atoms with van der Waals surface area (Å²) in [4.78, 5) is 23.4. The Kier molecular flexibility index (Phi) is 6.16. The molecule has 0 saturated carbocycles. The molecular weight excluding hydrogens is 231 g/mol. The Bertz CT molecular complexity index is 357. The largest absolute Gasteiger partial charge is 0.294 e. The van der Waals surface area contributed by atoms with Crippen LogP contribution >= 0.6 is 0 Å². The maximum Gasteiger partial charge on any atom is 0.161 e. The van der Waals surface area contributed by atoms with Gasteiger partial charge in [-0.05, 0) is 18.6 Å². The molecule has 0 saturated heterocycles. The number of carbonyl (C=O) groups excluding carboxylic acids is 2. The summed E-state index contributed by atoms with van der Waals surface area (Å²) in [5, 5.41) is 0. The number of hydrogen-bond acceptors (Lipinski definition) is 2. The summed E-state index contributed by atoms with van der Waals surface area (Å²) in [5.74, 6) is -0.0990. The second kappa shape index (κ2) is 6.62. The Balaban J connectivity index is 4.53. The molecule has 0 amide bonds. The van der Waals surface area contributed by atoms with Gasteiger partial charge in [0.1, 0.15) is 6.67 Å². The van der Waals surface area contributed by atoms with Gasteiger partial charge in [-0.15, -0.1) is 0 Å². The van der Waals surface area contributed by atoms with Gasteiger partial charge in [-0.25, -0.2) is 4.39 Å². The van der Waals surface area contributed by atoms with Crippen LogP contribution in [0.4, 0.5) is 4.39 Å². The van der Waals surface area contributed by atoms with Crippen molar-refractivity contribution >= 4 is 11.6 Å². The zero-order chi connectivity index (χ0) is 14.4. The fourth-order valence-corrected chi connectivity index (χ4v) is 1.19. The number of ketones is 2. The van der Waals surface area contributed by atoms with Crippen molar-refractivity contribution in [2.75, 3.05) is 6.67 Å². The van der Waals surface area contributed by atoms with Crippen LogP contribution in [-0.4, -0.2) is 18.2 Å². The molecule has 0 aromatic heterocycles. The molecule has 0 heterocycles. The van der Waals surface area contributed by atoms with E-state index in [1.807, 2.05) is 20.8 Å². The van der Waals surface area contributed by atoms with Gasteiger partial charge in [-0.3, -0.25) is 9.59 Å². The van der Waals surface area contributed by atoms with Gasteiger partial charge in [0.05, 0.1) is 0 Å². The van der Waals surface area contributed by atoms with Crippen molar-refractivity contribution in [3.8, 4) is 0 Å². The van der Waals surface area contributed by atoms with Crippen LogP contribution in [-0.2, 0) is 9.59 Å². The first kappa shape index (κ1) is 16.8. The van der Waals surface area contributed by atoms with Gasteiger partial charge < -0.3 is 0 Å². The molecule has 0 rings (SSSR count). The van der Waals surface area contributed by atoms with E-state index < -0.39 is 17.5 Å². The van der Waals surface area contributed by atoms with E-state index in [0.717, 1.165) is 0 Å². The van der Waals surface area contributed by atoms with Crippen LogP contribution in [0.5, 0.6) is 0 Å². The van der Waals surface area contributed by atoms with E-state index in [-0.39, 0.29) is 11.6 Å². The minimum atomic E-state index is -0.639. The molecule has 2 nitrogen and oxygen atoms in total. The molecule has 0 bridgehead atoms. The first-order valence-corrected chi connectivity index (χ1v) is 6.09. The zero-order valence-corrected chi connectivity index (χ0v) is 11.9. The van der Waals surface area contributed by atoms with Crippen LogP contribution in [0.3, 0.4) is 0 Å². The first-order valence-electron chi connectivity index (χ1n) is 6.09. The first-order chi connectivity index (χ1) is 8.11. The van der Waals surface area contributed by atoms with Crippen molar-refractivity contribution < 1.29 is 14.0 Å². The molecule has 0 N–H and O–H groups in total. The number of carbonyl (C=O) groups is 2. The molecule has 0 aromatic rings. The van der Waals surface area contributed by atoms with Crippen LogP contribution in [0, 0.1) is 10.8 Å². The highest BCUT2D eigenvalue weighted by atomic mass is 19.1. The number of hydrogen-bond donors (Lipinski definition) is 0. The Hall–Kier alpha value is -1.25. The molecule has 0 radical (unpaired) electrons. The molecule has 3 heteroatoms. The molecule has 0 aliphatic heterocycles. The van der Waals surface area contributed by atoms with Crippen molar-refractivity contribution in [1.82, 2.24) is 0 Å². The third-order valence-corrected chi connectivity index (χ3v) is 2.66. The Labute approximate surface area is 109 Å². The second-order valence-electron chi connectivity index (χ2n) is 6.03. The lowest BCUT2D eigenvalue weighted by Gasteiger charge is -2.19. The second-order valence-corrected chi connectivity index (χ2v) is 6.03. The smallest absolute Gasteiger partial charge is 0.161 e. The Morgan fingerprint density at radius 2 is 1.44 bits per heavy atom. The van der Waals surface area contributed by atoms with E-state index >= 15 is 0 Å². The average molecular weight is 254 g/mol. The quantitative estimate of drug-likeness (QED) is 0.678. The number of rotatable bonds is 6. The number of alkyl halides is 1. The van der Waals surface area contributed by atoms with E-state index in [0.29, 0.717) is 6.42 Å². The summed E-state index contributed by atoms with van der Waals surface area (Å²) in [6.07, 6.45) is 6.17. The number of allylic oxidation sites excluding steroid dienone is 4. The van der Waals surface area contributed by atoms with Crippen LogP contribution in [0.2, 0.25) is 0 Å². The van der Waals surface area contributed by atoms with E-state index in [9.17, 15) is 14.0 Å². The van der Waals surface area contributed by atoms with Gasteiger partial charge in [0, 0.05) is 10.8 Å². The van der Waals surface area contributed by atoms with Crippen LogP contribution in [0.25, 0.3) is 0 Å². The fourth-order valence-electron chi connectivity index (χ4n) is 1.19. The molecule has 0 aromatic carbocycles. The molecule has 0 aliphatic carbocycles. The van der Waals surface area contributed by atoms with Crippen molar-refractivity contribution in [1.29, 1.82) is 0 Å². The molecular formula is C15H23FO2. The summed E-state index contributed by atoms with van der Waals surface area (Å²) in [6.45, 7) is 8.47. The van der Waals surface area contributed by atoms with E-state index in [1.165, 1.54) is 18.2 Å². The molecule has 0 unspecified atom stereocenters. The normalized spacial score (nSPS) is 13.4. The minimum absolute atomic E-state index is 0.0325. The Morgan fingerprint density at radius 1 is 0.944 bits per heavy atom. The summed E-state index contributed by atoms with van der Waals surface area (Å²) < 4.78 is 11.9. The fraction of sp³-hybridized carbons (Fsp3) is 0.600. The maximum atomic E-state index is 11.9. The molecule has 0 atom stereocenters. The summed E-state index contributed by atoms with van der Waals surface area (Å²) in [5.41, 5.74) is -1.01. The van der Waals surface area contributed by atoms with E-state index in [1.54, 1.807) is 19.9 Å². The highest BCUT2D eigenvalue weighted by Crippen LogP contribution is 2.23. The SMILES string of the molecule is CC(C)(C)C(=O)/C=C/CC(C)(C)C(=O)/C=C/CF. The highest BCUT2D eigenvalue weighted by Gasteiger charge is 2.24. The Morgan fingerprint density at radius 3 is 1.89 bits per heavy atom. The standard InChI is InChI=1S/C15H23FO2/c1-14(2,3)12(17)8-6-10-15(4,5)13(18)9-7-11-16/h6-9H,10-11H2,1-5H3/b8-6+,9-7+. The lowest BCUT2D eigenvalue weighted by molar-refractivity contribution is -0.122. The topological polar surface area (TPSA) is 34.1 Å². The van der Waals surface area contributed by atoms with Gasteiger partial charge in [-0.1, -0.05) is 46.8 Å². The van der Waals surface area contributed by atoms with Crippen LogP contribution < -0.4 is 0 Å². The summed E-state index contributed by atoms with van der Waals surface area (Å²) in [6, 6.07) is 0. The van der Waals surface area contributed by atoms with Crippen LogP contribution in [0.15, 0.2) is 24.3 Å². The predicted octanol–water partition coefficient (Wildman–Crippen LogP) is 3.67. The maximum absolute atomic E-state index is 11.9. The van der Waals surface area contributed by atoms with Crippen molar-refractivity contribution in [3.63, 3.8) is 0 Å². The predicted molar refractivity (Wildman–Crippen MR) is 72.1 cm³/mol. The summed E-state index contributed by atoms with van der Waals surface area (Å²) >= 11 is 0. The zero-order valence-electron chi connectivity index (χ0n) is 11.9. The third-order valence-electron chi connectivity index (χ3n) is 2.66. The minimum Gasteiger partial charge on any atom is -0.294 e. The van der Waals surface area contributed by atoms with Crippen molar-refractivity contribution in [3.05, 3.63) is 24.3 Å². The van der Waals surface area contributed by atoms with Gasteiger partial charge >= 0.3 is 0 Å². The highest BCUT2D eigenvalue weighted by molar-refractivity contribution is 5.95. The molecule has 0 spiro atoms.